The molecule has 0 fully saturated rings. The van der Waals surface area contributed by atoms with Crippen LogP contribution in [-0.2, 0) is 0 Å². The minimum absolute atomic E-state index is 0.158. The summed E-state index contributed by atoms with van der Waals surface area (Å²) in [4.78, 5) is 27.4. The van der Waals surface area contributed by atoms with Crippen LogP contribution >= 0.6 is 11.3 Å². The molecule has 0 aliphatic rings. The van der Waals surface area contributed by atoms with Gasteiger partial charge < -0.3 is 15.7 Å². The molecule has 0 saturated heterocycles. The molecule has 0 unspecified atom stereocenters. The van der Waals surface area contributed by atoms with E-state index in [0.29, 0.717) is 5.69 Å². The van der Waals surface area contributed by atoms with E-state index in [-0.39, 0.29) is 19.0 Å². The molecule has 2 aromatic rings. The molecule has 2 amide bonds. The Morgan fingerprint density at radius 1 is 1.24 bits per heavy atom. The first-order valence-corrected chi connectivity index (χ1v) is 7.22. The maximum atomic E-state index is 12.1. The Kier molecular flexibility index (Phi) is 4.89. The summed E-state index contributed by atoms with van der Waals surface area (Å²) in [5, 5.41) is 13.3. The van der Waals surface area contributed by atoms with Crippen molar-refractivity contribution in [2.24, 2.45) is 0 Å². The van der Waals surface area contributed by atoms with E-state index in [2.05, 4.69) is 15.6 Å². The third-order valence-corrected chi connectivity index (χ3v) is 3.72. The summed E-state index contributed by atoms with van der Waals surface area (Å²) in [6.45, 7) is 2.36. The number of nitrogens with zero attached hydrogens (tertiary/aromatic N) is 1. The first-order chi connectivity index (χ1) is 10.1. The van der Waals surface area contributed by atoms with Crippen molar-refractivity contribution in [1.82, 2.24) is 15.6 Å². The number of carboxylic acid groups (broad SMARTS) is 1. The SMILES string of the molecule is Cc1ccccc1-c1scnc1C(=O)NCCNC(=O)O. The van der Waals surface area contributed by atoms with Crippen LogP contribution in [0.25, 0.3) is 10.4 Å². The number of carbonyl (C=O) groups is 2. The molecule has 110 valence electrons. The van der Waals surface area contributed by atoms with Gasteiger partial charge in [-0.1, -0.05) is 24.3 Å². The number of benzene rings is 1. The van der Waals surface area contributed by atoms with Crippen molar-refractivity contribution in [3.63, 3.8) is 0 Å². The van der Waals surface area contributed by atoms with Crippen molar-refractivity contribution in [1.29, 1.82) is 0 Å². The standard InChI is InChI=1S/C14H15N3O3S/c1-9-4-2-3-5-10(9)12-11(17-8-21-12)13(18)15-6-7-16-14(19)20/h2-5,8,16H,6-7H2,1H3,(H,15,18)(H,19,20). The maximum absolute atomic E-state index is 12.1. The first-order valence-electron chi connectivity index (χ1n) is 6.34. The number of rotatable bonds is 5. The second-order valence-electron chi connectivity index (χ2n) is 4.33. The molecule has 0 saturated carbocycles. The molecule has 6 nitrogen and oxygen atoms in total. The van der Waals surface area contributed by atoms with Gasteiger partial charge in [0.15, 0.2) is 0 Å². The van der Waals surface area contributed by atoms with Crippen molar-refractivity contribution >= 4 is 23.3 Å². The van der Waals surface area contributed by atoms with Crippen LogP contribution in [0.1, 0.15) is 16.1 Å². The van der Waals surface area contributed by atoms with Crippen LogP contribution in [0.15, 0.2) is 29.8 Å². The van der Waals surface area contributed by atoms with Crippen molar-refractivity contribution in [2.75, 3.05) is 13.1 Å². The highest BCUT2D eigenvalue weighted by atomic mass is 32.1. The van der Waals surface area contributed by atoms with Gasteiger partial charge >= 0.3 is 6.09 Å². The van der Waals surface area contributed by atoms with Crippen LogP contribution in [0, 0.1) is 6.92 Å². The van der Waals surface area contributed by atoms with E-state index in [0.717, 1.165) is 16.0 Å². The van der Waals surface area contributed by atoms with Crippen molar-refractivity contribution < 1.29 is 14.7 Å². The van der Waals surface area contributed by atoms with Crippen LogP contribution in [0.3, 0.4) is 0 Å². The minimum atomic E-state index is -1.11. The van der Waals surface area contributed by atoms with Crippen LogP contribution in [-0.4, -0.2) is 35.2 Å². The fourth-order valence-corrected chi connectivity index (χ4v) is 2.73. The zero-order chi connectivity index (χ0) is 15.2. The molecule has 0 aliphatic carbocycles. The van der Waals surface area contributed by atoms with Crippen LogP contribution in [0.5, 0.6) is 0 Å². The molecule has 0 spiro atoms. The number of aromatic nitrogens is 1. The number of hydrogen-bond donors (Lipinski definition) is 3. The highest BCUT2D eigenvalue weighted by Gasteiger charge is 2.17. The Morgan fingerprint density at radius 3 is 2.67 bits per heavy atom. The molecule has 7 heteroatoms. The highest BCUT2D eigenvalue weighted by Crippen LogP contribution is 2.30. The van der Waals surface area contributed by atoms with Gasteiger partial charge in [0.1, 0.15) is 5.69 Å². The molecule has 0 aliphatic heterocycles. The molecule has 0 radical (unpaired) electrons. The topological polar surface area (TPSA) is 91.3 Å². The van der Waals surface area contributed by atoms with Gasteiger partial charge in [-0.25, -0.2) is 9.78 Å². The lowest BCUT2D eigenvalue weighted by atomic mass is 10.1. The van der Waals surface area contributed by atoms with E-state index in [1.807, 2.05) is 31.2 Å². The molecule has 3 N–H and O–H groups in total. The first kappa shape index (κ1) is 15.0. The molecule has 1 heterocycles. The van der Waals surface area contributed by atoms with E-state index < -0.39 is 6.09 Å². The lowest BCUT2D eigenvalue weighted by molar-refractivity contribution is 0.0949. The van der Waals surface area contributed by atoms with E-state index in [4.69, 9.17) is 5.11 Å². The largest absolute Gasteiger partial charge is 0.465 e. The Labute approximate surface area is 125 Å². The zero-order valence-electron chi connectivity index (χ0n) is 11.4. The Bertz CT molecular complexity index is 654. The quantitative estimate of drug-likeness (QED) is 0.738. The number of carbonyl (C=O) groups excluding carboxylic acids is 1. The Morgan fingerprint density at radius 2 is 1.95 bits per heavy atom. The number of hydrogen-bond acceptors (Lipinski definition) is 4. The van der Waals surface area contributed by atoms with E-state index in [1.165, 1.54) is 11.3 Å². The Hall–Kier alpha value is -2.41. The average Bonchev–Trinajstić information content (AvgIpc) is 2.93. The number of amides is 2. The molecular weight excluding hydrogens is 290 g/mol. The minimum Gasteiger partial charge on any atom is -0.465 e. The second kappa shape index (κ2) is 6.85. The normalized spacial score (nSPS) is 10.1. The summed E-state index contributed by atoms with van der Waals surface area (Å²) in [6, 6.07) is 7.79. The molecule has 0 bridgehead atoms. The van der Waals surface area contributed by atoms with Crippen LogP contribution < -0.4 is 10.6 Å². The van der Waals surface area contributed by atoms with Crippen LogP contribution in [0.4, 0.5) is 4.79 Å². The van der Waals surface area contributed by atoms with Gasteiger partial charge in [0.25, 0.3) is 5.91 Å². The summed E-state index contributed by atoms with van der Waals surface area (Å²) in [6.07, 6.45) is -1.11. The zero-order valence-corrected chi connectivity index (χ0v) is 12.2. The molecule has 1 aromatic carbocycles. The van der Waals surface area contributed by atoms with Crippen molar-refractivity contribution in [3.05, 3.63) is 41.0 Å². The molecule has 1 aromatic heterocycles. The van der Waals surface area contributed by atoms with Gasteiger partial charge in [0.2, 0.25) is 0 Å². The smallest absolute Gasteiger partial charge is 0.404 e. The van der Waals surface area contributed by atoms with E-state index >= 15 is 0 Å². The van der Waals surface area contributed by atoms with Crippen LogP contribution in [0.2, 0.25) is 0 Å². The predicted molar refractivity (Wildman–Crippen MR) is 80.6 cm³/mol. The molecular formula is C14H15N3O3S. The third-order valence-electron chi connectivity index (χ3n) is 2.86. The van der Waals surface area contributed by atoms with E-state index in [9.17, 15) is 9.59 Å². The number of aryl methyl sites for hydroxylation is 1. The molecule has 0 atom stereocenters. The molecule has 2 rings (SSSR count). The summed E-state index contributed by atoms with van der Waals surface area (Å²) < 4.78 is 0. The van der Waals surface area contributed by atoms with Crippen molar-refractivity contribution in [3.8, 4) is 10.4 Å². The number of nitrogens with one attached hydrogen (secondary N) is 2. The van der Waals surface area contributed by atoms with Gasteiger partial charge in [-0.15, -0.1) is 11.3 Å². The average molecular weight is 305 g/mol. The molecule has 21 heavy (non-hydrogen) atoms. The van der Waals surface area contributed by atoms with Gasteiger partial charge in [0.05, 0.1) is 10.4 Å². The van der Waals surface area contributed by atoms with Gasteiger partial charge in [-0.2, -0.15) is 0 Å². The summed E-state index contributed by atoms with van der Waals surface area (Å²) in [7, 11) is 0. The fourth-order valence-electron chi connectivity index (χ4n) is 1.86. The second-order valence-corrected chi connectivity index (χ2v) is 5.19. The maximum Gasteiger partial charge on any atom is 0.404 e. The number of thiazole rings is 1. The summed E-state index contributed by atoms with van der Waals surface area (Å²) in [5.74, 6) is -0.304. The lowest BCUT2D eigenvalue weighted by Gasteiger charge is -2.07. The van der Waals surface area contributed by atoms with Gasteiger partial charge in [0, 0.05) is 13.1 Å². The lowest BCUT2D eigenvalue weighted by Crippen LogP contribution is -2.34. The summed E-state index contributed by atoms with van der Waals surface area (Å²) in [5.41, 5.74) is 4.05. The predicted octanol–water partition coefficient (Wildman–Crippen LogP) is 2.12. The monoisotopic (exact) mass is 305 g/mol. The van der Waals surface area contributed by atoms with Crippen molar-refractivity contribution in [2.45, 2.75) is 6.92 Å². The third kappa shape index (κ3) is 3.79. The Balaban J connectivity index is 2.08. The van der Waals surface area contributed by atoms with E-state index in [1.54, 1.807) is 5.51 Å². The van der Waals surface area contributed by atoms with Gasteiger partial charge in [-0.05, 0) is 18.1 Å². The highest BCUT2D eigenvalue weighted by molar-refractivity contribution is 7.13. The van der Waals surface area contributed by atoms with Gasteiger partial charge in [-0.3, -0.25) is 4.79 Å². The fraction of sp³-hybridized carbons (Fsp3) is 0.214. The summed E-state index contributed by atoms with van der Waals surface area (Å²) >= 11 is 1.41.